The average molecular weight is 243 g/mol. The van der Waals surface area contributed by atoms with Crippen molar-refractivity contribution in [3.8, 4) is 6.07 Å². The van der Waals surface area contributed by atoms with Crippen molar-refractivity contribution >= 4 is 17.4 Å². The van der Waals surface area contributed by atoms with Crippen LogP contribution in [0.1, 0.15) is 11.3 Å². The van der Waals surface area contributed by atoms with Gasteiger partial charge in [-0.05, 0) is 30.8 Å². The van der Waals surface area contributed by atoms with Crippen molar-refractivity contribution in [2.75, 3.05) is 5.73 Å². The Hall–Kier alpha value is -2.13. The van der Waals surface area contributed by atoms with Crippen molar-refractivity contribution in [1.29, 1.82) is 5.26 Å². The lowest BCUT2D eigenvalue weighted by Crippen LogP contribution is -1.94. The largest absolute Gasteiger partial charge is 0.397 e. The highest BCUT2D eigenvalue weighted by Gasteiger charge is 2.08. The molecule has 0 aromatic carbocycles. The van der Waals surface area contributed by atoms with Gasteiger partial charge >= 0.3 is 0 Å². The normalized spacial score (nSPS) is 9.88. The van der Waals surface area contributed by atoms with Gasteiger partial charge in [0.15, 0.2) is 5.16 Å². The summed E-state index contributed by atoms with van der Waals surface area (Å²) in [5.74, 6) is 0. The molecule has 0 radical (unpaired) electrons. The number of hydrogen-bond acceptors (Lipinski definition) is 6. The number of nitrogens with zero attached hydrogens (tertiary/aromatic N) is 4. The third-order valence-electron chi connectivity index (χ3n) is 1.95. The lowest BCUT2D eigenvalue weighted by molar-refractivity contribution is 0.927. The third kappa shape index (κ3) is 2.71. The number of aromatic nitrogens is 3. The fraction of sp³-hybridized carbons (Fsp3) is 0.0909. The molecule has 2 N–H and O–H groups in total. The minimum Gasteiger partial charge on any atom is -0.397 e. The molecule has 0 fully saturated rings. The first kappa shape index (κ1) is 11.4. The summed E-state index contributed by atoms with van der Waals surface area (Å²) < 4.78 is 0. The van der Waals surface area contributed by atoms with Crippen molar-refractivity contribution in [3.63, 3.8) is 0 Å². The van der Waals surface area contributed by atoms with Crippen molar-refractivity contribution < 1.29 is 0 Å². The molecule has 0 aliphatic carbocycles. The maximum Gasteiger partial charge on any atom is 0.194 e. The van der Waals surface area contributed by atoms with E-state index in [0.717, 1.165) is 5.69 Å². The number of nitrogen functional groups attached to an aromatic ring is 1. The second-order valence-corrected chi connectivity index (χ2v) is 4.27. The summed E-state index contributed by atoms with van der Waals surface area (Å²) >= 11 is 1.25. The Balaban J connectivity index is 2.34. The summed E-state index contributed by atoms with van der Waals surface area (Å²) in [7, 11) is 0. The predicted octanol–water partition coefficient (Wildman–Crippen LogP) is 1.79. The second kappa shape index (κ2) is 4.80. The van der Waals surface area contributed by atoms with E-state index in [9.17, 15) is 0 Å². The lowest BCUT2D eigenvalue weighted by Gasteiger charge is -2.02. The minimum atomic E-state index is 0.431. The van der Waals surface area contributed by atoms with Gasteiger partial charge in [0.2, 0.25) is 0 Å². The quantitative estimate of drug-likeness (QED) is 0.809. The van der Waals surface area contributed by atoms with Gasteiger partial charge in [-0.1, -0.05) is 0 Å². The van der Waals surface area contributed by atoms with E-state index in [1.165, 1.54) is 18.0 Å². The van der Waals surface area contributed by atoms with Crippen molar-refractivity contribution in [2.45, 2.75) is 17.1 Å². The number of pyridine rings is 1. The zero-order valence-electron chi connectivity index (χ0n) is 9.08. The molecule has 0 unspecified atom stereocenters. The monoisotopic (exact) mass is 243 g/mol. The molecule has 0 bridgehead atoms. The van der Waals surface area contributed by atoms with Crippen molar-refractivity contribution in [1.82, 2.24) is 15.0 Å². The summed E-state index contributed by atoms with van der Waals surface area (Å²) in [5.41, 5.74) is 7.34. The van der Waals surface area contributed by atoms with Gasteiger partial charge in [0.1, 0.15) is 11.1 Å². The molecule has 2 aromatic rings. The van der Waals surface area contributed by atoms with Crippen LogP contribution in [0.5, 0.6) is 0 Å². The van der Waals surface area contributed by atoms with Crippen LogP contribution in [0.25, 0.3) is 0 Å². The van der Waals surface area contributed by atoms with E-state index in [2.05, 4.69) is 21.0 Å². The van der Waals surface area contributed by atoms with Gasteiger partial charge in [-0.15, -0.1) is 0 Å². The van der Waals surface area contributed by atoms with Crippen LogP contribution in [-0.2, 0) is 0 Å². The zero-order chi connectivity index (χ0) is 12.3. The Morgan fingerprint density at radius 1 is 1.41 bits per heavy atom. The molecule has 0 saturated heterocycles. The standard InChI is InChI=1S/C11H9N5S/c1-7-2-3-14-11(16-7)17-10-8(5-12)4-9(13)6-15-10/h2-4,6H,13H2,1H3. The van der Waals surface area contributed by atoms with E-state index in [4.69, 9.17) is 11.0 Å². The van der Waals surface area contributed by atoms with Gasteiger partial charge < -0.3 is 5.73 Å². The lowest BCUT2D eigenvalue weighted by atomic mass is 10.3. The van der Waals surface area contributed by atoms with Crippen molar-refractivity contribution in [2.24, 2.45) is 0 Å². The molecule has 2 aromatic heterocycles. The number of rotatable bonds is 2. The topological polar surface area (TPSA) is 88.5 Å². The van der Waals surface area contributed by atoms with E-state index in [0.29, 0.717) is 21.4 Å². The molecule has 17 heavy (non-hydrogen) atoms. The van der Waals surface area contributed by atoms with Gasteiger partial charge in [-0.2, -0.15) is 5.26 Å². The highest BCUT2D eigenvalue weighted by atomic mass is 32.2. The Morgan fingerprint density at radius 2 is 2.24 bits per heavy atom. The fourth-order valence-corrected chi connectivity index (χ4v) is 1.99. The van der Waals surface area contributed by atoms with Crippen molar-refractivity contribution in [3.05, 3.63) is 35.8 Å². The molecule has 2 heterocycles. The minimum absolute atomic E-state index is 0.431. The highest BCUT2D eigenvalue weighted by molar-refractivity contribution is 7.99. The summed E-state index contributed by atoms with van der Waals surface area (Å²) in [6.45, 7) is 1.88. The van der Waals surface area contributed by atoms with Gasteiger partial charge in [0.25, 0.3) is 0 Å². The molecule has 0 spiro atoms. The third-order valence-corrected chi connectivity index (χ3v) is 2.85. The molecule has 5 nitrogen and oxygen atoms in total. The van der Waals surface area contributed by atoms with Crippen LogP contribution in [0.15, 0.2) is 34.7 Å². The first-order valence-electron chi connectivity index (χ1n) is 4.82. The van der Waals surface area contributed by atoms with Crippen LogP contribution in [0.2, 0.25) is 0 Å². The van der Waals surface area contributed by atoms with E-state index >= 15 is 0 Å². The van der Waals surface area contributed by atoms with E-state index in [-0.39, 0.29) is 0 Å². The first-order chi connectivity index (χ1) is 8.19. The van der Waals surface area contributed by atoms with Gasteiger partial charge in [0.05, 0.1) is 17.4 Å². The maximum atomic E-state index is 8.98. The molecule has 6 heteroatoms. The molecule has 0 amide bonds. The predicted molar refractivity (Wildman–Crippen MR) is 64.3 cm³/mol. The second-order valence-electron chi connectivity index (χ2n) is 3.32. The zero-order valence-corrected chi connectivity index (χ0v) is 9.90. The van der Waals surface area contributed by atoms with Crippen LogP contribution in [0.4, 0.5) is 5.69 Å². The first-order valence-corrected chi connectivity index (χ1v) is 5.64. The molecule has 0 aliphatic rings. The van der Waals surface area contributed by atoms with Crippen LogP contribution in [-0.4, -0.2) is 15.0 Å². The fourth-order valence-electron chi connectivity index (χ4n) is 1.19. The molecule has 2 rings (SSSR count). The molecular weight excluding hydrogens is 234 g/mol. The smallest absolute Gasteiger partial charge is 0.194 e. The van der Waals surface area contributed by atoms with Gasteiger partial charge in [0, 0.05) is 11.9 Å². The van der Waals surface area contributed by atoms with Crippen LogP contribution in [0.3, 0.4) is 0 Å². The van der Waals surface area contributed by atoms with Crippen LogP contribution in [0, 0.1) is 18.3 Å². The van der Waals surface area contributed by atoms with E-state index in [1.54, 1.807) is 12.3 Å². The van der Waals surface area contributed by atoms with Gasteiger partial charge in [-0.25, -0.2) is 15.0 Å². The summed E-state index contributed by atoms with van der Waals surface area (Å²) in [5, 5.41) is 10.1. The van der Waals surface area contributed by atoms with Crippen LogP contribution >= 0.6 is 11.8 Å². The average Bonchev–Trinajstić information content (AvgIpc) is 2.31. The number of nitrogens with two attached hydrogens (primary N) is 1. The summed E-state index contributed by atoms with van der Waals surface area (Å²) in [4.78, 5) is 12.5. The SMILES string of the molecule is Cc1ccnc(Sc2ncc(N)cc2C#N)n1. The Kier molecular flexibility index (Phi) is 3.21. The molecule has 0 aliphatic heterocycles. The highest BCUT2D eigenvalue weighted by Crippen LogP contribution is 2.26. The number of nitriles is 1. The summed E-state index contributed by atoms with van der Waals surface area (Å²) in [6, 6.07) is 5.45. The van der Waals surface area contributed by atoms with Gasteiger partial charge in [-0.3, -0.25) is 0 Å². The molecule has 0 saturated carbocycles. The Bertz CT molecular complexity index is 591. The number of anilines is 1. The number of hydrogen-bond donors (Lipinski definition) is 1. The Labute approximate surface area is 103 Å². The summed E-state index contributed by atoms with van der Waals surface area (Å²) in [6.07, 6.45) is 3.19. The van der Waals surface area contributed by atoms with Crippen LogP contribution < -0.4 is 5.73 Å². The molecule has 0 atom stereocenters. The van der Waals surface area contributed by atoms with E-state index < -0.39 is 0 Å². The Morgan fingerprint density at radius 3 is 2.94 bits per heavy atom. The molecule has 84 valence electrons. The van der Waals surface area contributed by atoms with E-state index in [1.807, 2.05) is 13.0 Å². The maximum absolute atomic E-state index is 8.98. The molecular formula is C11H9N5S. The number of aryl methyl sites for hydroxylation is 1.